The number of anilines is 1. The summed E-state index contributed by atoms with van der Waals surface area (Å²) in [6, 6.07) is 3.56. The number of esters is 1. The molecule has 7 atom stereocenters. The molecule has 4 rings (SSSR count). The number of hydrogen-bond donors (Lipinski definition) is 3. The van der Waals surface area contributed by atoms with Crippen molar-refractivity contribution in [1.29, 1.82) is 0 Å². The molecule has 2 amide bonds. The van der Waals surface area contributed by atoms with E-state index in [0.717, 1.165) is 11.1 Å². The number of aliphatic hydroxyl groups is 1. The zero-order chi connectivity index (χ0) is 31.7. The lowest BCUT2D eigenvalue weighted by molar-refractivity contribution is -0.157. The SMILES string of the molecule is COc1cc2cc(c1Cl)NC(=O)C[C@H](OC(=O)C(C)C)[C@@]1(C)O[C@H]1[C@@H](C)[C@@H]1C[C@@](O)(NC(=O)O1)[C@H](OC)/C=C/C=C(\C)C2. The number of amides is 2. The maximum absolute atomic E-state index is 13.4. The van der Waals surface area contributed by atoms with Gasteiger partial charge in [0.05, 0.1) is 31.2 Å². The number of carbonyl (C=O) groups is 3. The number of rotatable bonds is 4. The maximum Gasteiger partial charge on any atom is 0.409 e. The number of halogens is 1. The number of epoxide rings is 1. The van der Waals surface area contributed by atoms with Gasteiger partial charge < -0.3 is 34.1 Å². The number of allylic oxidation sites excluding steroid dienone is 3. The highest BCUT2D eigenvalue weighted by molar-refractivity contribution is 6.35. The van der Waals surface area contributed by atoms with E-state index < -0.39 is 65.5 Å². The Hall–Kier alpha value is -3.12. The van der Waals surface area contributed by atoms with Gasteiger partial charge in [0.25, 0.3) is 0 Å². The zero-order valence-electron chi connectivity index (χ0n) is 25.6. The van der Waals surface area contributed by atoms with Crippen molar-refractivity contribution in [1.82, 2.24) is 5.32 Å². The van der Waals surface area contributed by atoms with Gasteiger partial charge in [0.2, 0.25) is 5.91 Å². The predicted octanol–water partition coefficient (Wildman–Crippen LogP) is 4.30. The second-order valence-corrected chi connectivity index (χ2v) is 12.4. The first-order valence-electron chi connectivity index (χ1n) is 14.3. The molecule has 2 fully saturated rings. The average Bonchev–Trinajstić information content (AvgIpc) is 3.63. The Kier molecular flexibility index (Phi) is 9.80. The van der Waals surface area contributed by atoms with Gasteiger partial charge in [-0.2, -0.15) is 0 Å². The molecule has 0 saturated carbocycles. The number of hydrogen-bond acceptors (Lipinski definition) is 9. The van der Waals surface area contributed by atoms with E-state index >= 15 is 0 Å². The molecular formula is C31H41ClN2O9. The van der Waals surface area contributed by atoms with Crippen molar-refractivity contribution in [2.75, 3.05) is 19.5 Å². The quantitative estimate of drug-likeness (QED) is 0.331. The van der Waals surface area contributed by atoms with Gasteiger partial charge in [-0.05, 0) is 38.0 Å². The Bertz CT molecular complexity index is 1310. The van der Waals surface area contributed by atoms with Crippen LogP contribution < -0.4 is 15.4 Å². The Balaban J connectivity index is 1.76. The molecule has 43 heavy (non-hydrogen) atoms. The van der Waals surface area contributed by atoms with Crippen molar-refractivity contribution in [3.8, 4) is 5.75 Å². The molecule has 3 aliphatic heterocycles. The van der Waals surface area contributed by atoms with Crippen LogP contribution in [0.3, 0.4) is 0 Å². The van der Waals surface area contributed by atoms with E-state index in [9.17, 15) is 19.5 Å². The van der Waals surface area contributed by atoms with Gasteiger partial charge in [-0.1, -0.05) is 56.2 Å². The van der Waals surface area contributed by atoms with E-state index in [0.29, 0.717) is 17.9 Å². The van der Waals surface area contributed by atoms with Gasteiger partial charge in [-0.3, -0.25) is 14.9 Å². The first kappa shape index (κ1) is 32.8. The lowest BCUT2D eigenvalue weighted by atomic mass is 9.83. The van der Waals surface area contributed by atoms with Gasteiger partial charge in [-0.15, -0.1) is 0 Å². The van der Waals surface area contributed by atoms with E-state index in [1.54, 1.807) is 45.1 Å². The largest absolute Gasteiger partial charge is 0.495 e. The van der Waals surface area contributed by atoms with Crippen LogP contribution in [0.25, 0.3) is 0 Å². The van der Waals surface area contributed by atoms with E-state index in [1.165, 1.54) is 14.2 Å². The number of nitrogens with one attached hydrogen (secondary N) is 2. The normalized spacial score (nSPS) is 34.9. The molecule has 0 aromatic heterocycles. The summed E-state index contributed by atoms with van der Waals surface area (Å²) in [6.07, 6.45) is 1.59. The monoisotopic (exact) mass is 620 g/mol. The molecule has 0 aliphatic carbocycles. The first-order valence-corrected chi connectivity index (χ1v) is 14.7. The summed E-state index contributed by atoms with van der Waals surface area (Å²) >= 11 is 6.57. The van der Waals surface area contributed by atoms with Gasteiger partial charge in [0, 0.05) is 19.4 Å². The van der Waals surface area contributed by atoms with Gasteiger partial charge in [0.15, 0.2) is 5.72 Å². The Labute approximate surface area is 256 Å². The highest BCUT2D eigenvalue weighted by Crippen LogP contribution is 2.49. The molecule has 1 aromatic rings. The Morgan fingerprint density at radius 2 is 1.95 bits per heavy atom. The average molecular weight is 621 g/mol. The number of ether oxygens (including phenoxy) is 5. The zero-order valence-corrected chi connectivity index (χ0v) is 26.3. The minimum absolute atomic E-state index is 0.00243. The van der Waals surface area contributed by atoms with Crippen LogP contribution >= 0.6 is 11.6 Å². The maximum atomic E-state index is 13.4. The molecule has 0 spiro atoms. The molecule has 0 unspecified atom stereocenters. The number of benzene rings is 1. The van der Waals surface area contributed by atoms with Crippen LogP contribution in [0.1, 0.15) is 53.0 Å². The summed E-state index contributed by atoms with van der Waals surface area (Å²) in [6.45, 7) is 8.91. The first-order chi connectivity index (χ1) is 20.2. The fourth-order valence-corrected chi connectivity index (χ4v) is 5.92. The minimum Gasteiger partial charge on any atom is -0.495 e. The van der Waals surface area contributed by atoms with Crippen molar-refractivity contribution < 1.29 is 43.2 Å². The van der Waals surface area contributed by atoms with E-state index in [1.807, 2.05) is 19.9 Å². The van der Waals surface area contributed by atoms with Gasteiger partial charge in [-0.25, -0.2) is 4.79 Å². The van der Waals surface area contributed by atoms with Crippen molar-refractivity contribution in [3.05, 3.63) is 46.5 Å². The van der Waals surface area contributed by atoms with Crippen LogP contribution in [0.15, 0.2) is 35.9 Å². The number of carbonyl (C=O) groups excluding carboxylic acids is 3. The minimum atomic E-state index is -1.77. The fraction of sp³-hybridized carbons (Fsp3) is 0.581. The van der Waals surface area contributed by atoms with Crippen LogP contribution in [0.2, 0.25) is 5.02 Å². The lowest BCUT2D eigenvalue weighted by Crippen LogP contribution is -2.63. The summed E-state index contributed by atoms with van der Waals surface area (Å²) in [5, 5.41) is 17.2. The van der Waals surface area contributed by atoms with E-state index in [4.69, 9.17) is 35.3 Å². The molecule has 12 heteroatoms. The second-order valence-electron chi connectivity index (χ2n) is 12.0. The van der Waals surface area contributed by atoms with Crippen molar-refractivity contribution in [3.63, 3.8) is 0 Å². The summed E-state index contributed by atoms with van der Waals surface area (Å²) in [5.41, 5.74) is -0.698. The third-order valence-electron chi connectivity index (χ3n) is 8.25. The van der Waals surface area contributed by atoms with E-state index in [-0.39, 0.29) is 17.9 Å². The Morgan fingerprint density at radius 3 is 2.60 bits per heavy atom. The molecule has 2 saturated heterocycles. The second kappa shape index (κ2) is 12.9. The molecule has 236 valence electrons. The standard InChI is InChI=1S/C31H41ClN2O9/c1-16(2)28(36)42-24-14-25(35)33-20-12-19(13-21(39-6)26(20)32)11-17(3)9-8-10-23(40-7)31(38)15-22(41-29(37)34-31)18(4)27-30(24,5)43-27/h8-10,12-13,16,18,22-24,27,38H,11,14-15H2,1-7H3,(H,33,35)(H,34,37)/b10-8+,17-9+/t18-,22-,23+,24-,27-,30+,31-/m0/s1. The summed E-state index contributed by atoms with van der Waals surface area (Å²) in [5.74, 6) is -1.41. The van der Waals surface area contributed by atoms with Crippen LogP contribution in [-0.2, 0) is 35.0 Å². The third kappa shape index (κ3) is 7.17. The number of alkyl carbamates (subject to hydrolysis) is 1. The number of methoxy groups -OCH3 is 2. The summed E-state index contributed by atoms with van der Waals surface area (Å²) in [4.78, 5) is 38.8. The van der Waals surface area contributed by atoms with Gasteiger partial charge in [0.1, 0.15) is 34.7 Å². The van der Waals surface area contributed by atoms with Crippen molar-refractivity contribution in [2.45, 2.75) is 89.6 Å². The Morgan fingerprint density at radius 1 is 1.23 bits per heavy atom. The topological polar surface area (TPSA) is 145 Å². The third-order valence-corrected chi connectivity index (χ3v) is 8.64. The van der Waals surface area contributed by atoms with Crippen LogP contribution in [-0.4, -0.2) is 73.0 Å². The van der Waals surface area contributed by atoms with Crippen molar-refractivity contribution in [2.24, 2.45) is 11.8 Å². The number of fused-ring (bicyclic) bond motifs is 5. The predicted molar refractivity (Wildman–Crippen MR) is 159 cm³/mol. The molecular weight excluding hydrogens is 580 g/mol. The highest BCUT2D eigenvalue weighted by atomic mass is 35.5. The smallest absolute Gasteiger partial charge is 0.409 e. The summed E-state index contributed by atoms with van der Waals surface area (Å²) < 4.78 is 28.6. The highest BCUT2D eigenvalue weighted by Gasteiger charge is 2.64. The molecule has 3 N–H and O–H groups in total. The van der Waals surface area contributed by atoms with Crippen LogP contribution in [0.4, 0.5) is 10.5 Å². The molecule has 4 bridgehead atoms. The molecule has 1 aromatic carbocycles. The summed E-state index contributed by atoms with van der Waals surface area (Å²) in [7, 11) is 2.94. The van der Waals surface area contributed by atoms with E-state index in [2.05, 4.69) is 10.6 Å². The molecule has 0 radical (unpaired) electrons. The van der Waals surface area contributed by atoms with Crippen molar-refractivity contribution >= 4 is 35.3 Å². The molecule has 11 nitrogen and oxygen atoms in total. The lowest BCUT2D eigenvalue weighted by Gasteiger charge is -2.42. The van der Waals surface area contributed by atoms with Crippen LogP contribution in [0.5, 0.6) is 5.75 Å². The fourth-order valence-electron chi connectivity index (χ4n) is 5.68. The van der Waals surface area contributed by atoms with Crippen LogP contribution in [0, 0.1) is 11.8 Å². The molecule has 3 aliphatic rings. The van der Waals surface area contributed by atoms with Gasteiger partial charge >= 0.3 is 12.1 Å². The molecule has 3 heterocycles.